The number of nitrogens with zero attached hydrogens (tertiary/aromatic N) is 1. The standard InChI is InChI=1S/C39H58NO4/c1-26(24-40-22-10-9-11-23-40)29-14-19-39(25-43-27(2)41)21-20-37(7)30(34(29)39)12-13-32-36(6)17-16-33(44-28(3)42)35(4,5)31(36)15-18-38(32,37)8/h9-11,22-23,29-34H,1,12-21,24-25H2,2-8H3/q+1/t29-,30+,31-,32?,33?,34+,36-,37+,38+,39+/m0/s1. The maximum Gasteiger partial charge on any atom is 0.302 e. The fourth-order valence-corrected chi connectivity index (χ4v) is 13.0. The summed E-state index contributed by atoms with van der Waals surface area (Å²) < 4.78 is 14.1. The van der Waals surface area contributed by atoms with E-state index in [1.807, 2.05) is 0 Å². The van der Waals surface area contributed by atoms with Gasteiger partial charge in [-0.3, -0.25) is 9.59 Å². The molecular weight excluding hydrogens is 546 g/mol. The lowest BCUT2D eigenvalue weighted by atomic mass is 9.32. The van der Waals surface area contributed by atoms with E-state index in [-0.39, 0.29) is 45.1 Å². The van der Waals surface area contributed by atoms with E-state index in [9.17, 15) is 9.59 Å². The molecule has 0 saturated heterocycles. The highest BCUT2D eigenvalue weighted by molar-refractivity contribution is 5.66. The first-order valence-electron chi connectivity index (χ1n) is 17.6. The zero-order valence-electron chi connectivity index (χ0n) is 28.6. The number of pyridine rings is 1. The van der Waals surface area contributed by atoms with Crippen LogP contribution in [0.25, 0.3) is 0 Å². The summed E-state index contributed by atoms with van der Waals surface area (Å²) in [5.41, 5.74) is 2.10. The lowest BCUT2D eigenvalue weighted by molar-refractivity contribution is -0.689. The van der Waals surface area contributed by atoms with Gasteiger partial charge in [-0.2, -0.15) is 0 Å². The molecule has 242 valence electrons. The molecule has 0 bridgehead atoms. The van der Waals surface area contributed by atoms with Crippen LogP contribution in [0.3, 0.4) is 0 Å². The third-order valence-electron chi connectivity index (χ3n) is 15.1. The Bertz CT molecular complexity index is 1290. The summed E-state index contributed by atoms with van der Waals surface area (Å²) in [5.74, 6) is 2.48. The molecule has 0 aromatic carbocycles. The van der Waals surface area contributed by atoms with Crippen molar-refractivity contribution < 1.29 is 23.6 Å². The van der Waals surface area contributed by atoms with Gasteiger partial charge in [0.25, 0.3) is 0 Å². The summed E-state index contributed by atoms with van der Waals surface area (Å²) in [4.78, 5) is 24.2. The van der Waals surface area contributed by atoms with Crippen molar-refractivity contribution in [1.82, 2.24) is 0 Å². The van der Waals surface area contributed by atoms with Gasteiger partial charge in [-0.15, -0.1) is 0 Å². The van der Waals surface area contributed by atoms with E-state index in [1.165, 1.54) is 37.7 Å². The quantitative estimate of drug-likeness (QED) is 0.187. The summed E-state index contributed by atoms with van der Waals surface area (Å²) in [5, 5.41) is 0. The zero-order chi connectivity index (χ0) is 31.7. The minimum atomic E-state index is -0.150. The molecule has 0 radical (unpaired) electrons. The van der Waals surface area contributed by atoms with E-state index in [2.05, 4.69) is 69.8 Å². The van der Waals surface area contributed by atoms with Gasteiger partial charge in [0.15, 0.2) is 18.9 Å². The van der Waals surface area contributed by atoms with E-state index >= 15 is 0 Å². The molecule has 6 rings (SSSR count). The van der Waals surface area contributed by atoms with Crippen LogP contribution in [0.15, 0.2) is 42.7 Å². The number of fused-ring (bicyclic) bond motifs is 7. The number of rotatable bonds is 6. The first kappa shape index (κ1) is 31.8. The normalized spacial score (nSPS) is 43.9. The minimum absolute atomic E-state index is 0.0127. The van der Waals surface area contributed by atoms with Crippen molar-refractivity contribution >= 4 is 11.9 Å². The monoisotopic (exact) mass is 604 g/mol. The Balaban J connectivity index is 1.33. The SMILES string of the molecule is C=C(C[n+]1ccccc1)[C@@H]1CC[C@]2(COC(C)=O)CC[C@]3(C)[C@H](CCC4[C@@]5(C)CCC(OC(C)=O)C(C)(C)[C@@H]5CC[C@]43C)[C@@H]12. The Kier molecular flexibility index (Phi) is 7.93. The second kappa shape index (κ2) is 11.0. The number of ether oxygens (including phenoxy) is 2. The maximum absolute atomic E-state index is 12.1. The van der Waals surface area contributed by atoms with Gasteiger partial charge in [-0.25, -0.2) is 4.57 Å². The van der Waals surface area contributed by atoms with Crippen molar-refractivity contribution in [1.29, 1.82) is 0 Å². The number of aromatic nitrogens is 1. The summed E-state index contributed by atoms with van der Waals surface area (Å²) in [6, 6.07) is 6.28. The van der Waals surface area contributed by atoms with Crippen molar-refractivity contribution in [2.75, 3.05) is 6.61 Å². The molecule has 5 fully saturated rings. The van der Waals surface area contributed by atoms with Crippen molar-refractivity contribution in [3.05, 3.63) is 42.7 Å². The third-order valence-corrected chi connectivity index (χ3v) is 15.1. The zero-order valence-corrected chi connectivity index (χ0v) is 28.6. The van der Waals surface area contributed by atoms with E-state index < -0.39 is 0 Å². The summed E-state index contributed by atoms with van der Waals surface area (Å²) in [7, 11) is 0. The van der Waals surface area contributed by atoms with Gasteiger partial charge < -0.3 is 9.47 Å². The molecule has 44 heavy (non-hydrogen) atoms. The fourth-order valence-electron chi connectivity index (χ4n) is 13.0. The van der Waals surface area contributed by atoms with Crippen LogP contribution in [0.5, 0.6) is 0 Å². The Morgan fingerprint density at radius 3 is 2.20 bits per heavy atom. The molecular formula is C39H58NO4+. The molecule has 1 aromatic rings. The molecule has 10 atom stereocenters. The number of esters is 2. The number of carbonyl (C=O) groups excluding carboxylic acids is 2. The molecule has 0 N–H and O–H groups in total. The lowest BCUT2D eigenvalue weighted by Gasteiger charge is -2.73. The van der Waals surface area contributed by atoms with Crippen molar-refractivity contribution in [3.8, 4) is 0 Å². The third kappa shape index (κ3) is 4.72. The predicted octanol–water partition coefficient (Wildman–Crippen LogP) is 8.11. The molecule has 0 amide bonds. The van der Waals surface area contributed by atoms with Crippen LogP contribution >= 0.6 is 0 Å². The summed E-state index contributed by atoms with van der Waals surface area (Å²) in [6.45, 7) is 22.0. The van der Waals surface area contributed by atoms with Gasteiger partial charge in [0.1, 0.15) is 6.10 Å². The smallest absolute Gasteiger partial charge is 0.302 e. The Morgan fingerprint density at radius 1 is 0.795 bits per heavy atom. The molecule has 5 nitrogen and oxygen atoms in total. The molecule has 5 heteroatoms. The van der Waals surface area contributed by atoms with Gasteiger partial charge in [-0.05, 0) is 116 Å². The van der Waals surface area contributed by atoms with Crippen LogP contribution in [0, 0.1) is 56.7 Å². The van der Waals surface area contributed by atoms with Crippen molar-refractivity contribution in [3.63, 3.8) is 0 Å². The number of hydrogen-bond donors (Lipinski definition) is 0. The second-order valence-corrected chi connectivity index (χ2v) is 17.1. The molecule has 2 unspecified atom stereocenters. The first-order valence-corrected chi connectivity index (χ1v) is 17.6. The number of allylic oxidation sites excluding steroid dienone is 1. The molecule has 5 aliphatic rings. The van der Waals surface area contributed by atoms with Crippen LogP contribution in [-0.2, 0) is 25.6 Å². The largest absolute Gasteiger partial charge is 0.465 e. The first-order chi connectivity index (χ1) is 20.7. The van der Waals surface area contributed by atoms with Crippen LogP contribution < -0.4 is 4.57 Å². The Labute approximate surface area is 266 Å². The van der Waals surface area contributed by atoms with Crippen molar-refractivity contribution in [2.24, 2.45) is 56.7 Å². The van der Waals surface area contributed by atoms with E-state index in [0.29, 0.717) is 36.2 Å². The van der Waals surface area contributed by atoms with Gasteiger partial charge in [0.05, 0.1) is 6.61 Å². The lowest BCUT2D eigenvalue weighted by Crippen LogP contribution is -2.67. The molecule has 1 aromatic heterocycles. The van der Waals surface area contributed by atoms with Crippen LogP contribution in [0.2, 0.25) is 0 Å². The van der Waals surface area contributed by atoms with Gasteiger partial charge in [-0.1, -0.05) is 47.3 Å². The highest BCUT2D eigenvalue weighted by atomic mass is 16.5. The molecule has 0 aliphatic heterocycles. The van der Waals surface area contributed by atoms with Crippen LogP contribution in [0.1, 0.15) is 113 Å². The fraction of sp³-hybridized carbons (Fsp3) is 0.769. The van der Waals surface area contributed by atoms with Gasteiger partial charge >= 0.3 is 11.9 Å². The van der Waals surface area contributed by atoms with Gasteiger partial charge in [0.2, 0.25) is 0 Å². The number of carbonyl (C=O) groups is 2. The number of hydrogen-bond acceptors (Lipinski definition) is 4. The van der Waals surface area contributed by atoms with Crippen LogP contribution in [0.4, 0.5) is 0 Å². The molecule has 1 heterocycles. The van der Waals surface area contributed by atoms with E-state index in [4.69, 9.17) is 16.1 Å². The summed E-state index contributed by atoms with van der Waals surface area (Å²) >= 11 is 0. The molecule has 0 spiro atoms. The predicted molar refractivity (Wildman–Crippen MR) is 172 cm³/mol. The van der Waals surface area contributed by atoms with Crippen molar-refractivity contribution in [2.45, 2.75) is 125 Å². The topological polar surface area (TPSA) is 56.5 Å². The Hall–Kier alpha value is -2.17. The highest BCUT2D eigenvalue weighted by Gasteiger charge is 2.71. The van der Waals surface area contributed by atoms with E-state index in [0.717, 1.165) is 38.6 Å². The van der Waals surface area contributed by atoms with Crippen LogP contribution in [-0.4, -0.2) is 24.6 Å². The highest BCUT2D eigenvalue weighted by Crippen LogP contribution is 2.77. The molecule has 5 saturated carbocycles. The average molecular weight is 605 g/mol. The maximum atomic E-state index is 12.1. The Morgan fingerprint density at radius 2 is 1.52 bits per heavy atom. The summed E-state index contributed by atoms with van der Waals surface area (Å²) in [6.07, 6.45) is 16.1. The minimum Gasteiger partial charge on any atom is -0.465 e. The average Bonchev–Trinajstić information content (AvgIpc) is 3.34. The molecule has 5 aliphatic carbocycles. The second-order valence-electron chi connectivity index (χ2n) is 17.1. The van der Waals surface area contributed by atoms with Gasteiger partial charge in [0, 0.05) is 36.8 Å². The van der Waals surface area contributed by atoms with E-state index in [1.54, 1.807) is 13.8 Å².